The average Bonchev–Trinajstić information content (AvgIpc) is 2.91. The van der Waals surface area contributed by atoms with E-state index in [4.69, 9.17) is 0 Å². The zero-order valence-corrected chi connectivity index (χ0v) is 21.9. The Kier molecular flexibility index (Phi) is 9.20. The van der Waals surface area contributed by atoms with Crippen LogP contribution in [0.5, 0.6) is 5.75 Å². The Labute approximate surface area is 235 Å². The molecule has 4 rings (SSSR count). The van der Waals surface area contributed by atoms with E-state index in [1.54, 1.807) is 0 Å². The van der Waals surface area contributed by atoms with E-state index in [1.165, 1.54) is 6.07 Å². The minimum absolute atomic E-state index is 0.324. The number of ether oxygens (including phenoxy) is 1. The first-order valence-electron chi connectivity index (χ1n) is 12.7. The van der Waals surface area contributed by atoms with E-state index < -0.39 is 69.3 Å². The molecule has 0 aliphatic rings. The number of hydrogen-bond donors (Lipinski definition) is 0. The molecule has 0 spiro atoms. The summed E-state index contributed by atoms with van der Waals surface area (Å²) in [7, 11) is 0. The zero-order chi connectivity index (χ0) is 30.6. The topological polar surface area (TPSA) is 9.23 Å². The molecule has 42 heavy (non-hydrogen) atoms. The van der Waals surface area contributed by atoms with Crippen molar-refractivity contribution in [1.29, 1.82) is 0 Å². The highest BCUT2D eigenvalue weighted by atomic mass is 19.3. The van der Waals surface area contributed by atoms with Gasteiger partial charge in [-0.05, 0) is 72.5 Å². The SMILES string of the molecule is CCCCCc1ccc(C(F)(F)Oc2ccc(-c3cc(F)c(C#Cc4cc(F)c(F)c(F)c4)c(F)c3)c(F)c2)c(F)c1. The fourth-order valence-corrected chi connectivity index (χ4v) is 4.14. The molecule has 1 nitrogen and oxygen atoms in total. The van der Waals surface area contributed by atoms with Crippen molar-refractivity contribution in [3.05, 3.63) is 124 Å². The fraction of sp³-hybridized carbons (Fsp3) is 0.188. The molecule has 4 aromatic rings. The molecule has 10 heteroatoms. The summed E-state index contributed by atoms with van der Waals surface area (Å²) in [5.41, 5.74) is -2.41. The minimum atomic E-state index is -4.16. The number of rotatable bonds is 8. The van der Waals surface area contributed by atoms with E-state index in [0.29, 0.717) is 42.3 Å². The lowest BCUT2D eigenvalue weighted by molar-refractivity contribution is -0.187. The van der Waals surface area contributed by atoms with Gasteiger partial charge in [0.1, 0.15) is 29.0 Å². The third-order valence-corrected chi connectivity index (χ3v) is 6.27. The molecule has 218 valence electrons. The number of halogens is 9. The van der Waals surface area contributed by atoms with E-state index >= 15 is 0 Å². The highest BCUT2D eigenvalue weighted by molar-refractivity contribution is 5.66. The Morgan fingerprint density at radius 1 is 0.667 bits per heavy atom. The van der Waals surface area contributed by atoms with Crippen molar-refractivity contribution in [2.24, 2.45) is 0 Å². The number of benzene rings is 4. The van der Waals surface area contributed by atoms with Gasteiger partial charge in [0.25, 0.3) is 0 Å². The van der Waals surface area contributed by atoms with Crippen LogP contribution in [0, 0.1) is 52.6 Å². The maximum atomic E-state index is 14.9. The highest BCUT2D eigenvalue weighted by Crippen LogP contribution is 2.36. The molecular formula is C32H21F9O. The summed E-state index contributed by atoms with van der Waals surface area (Å²) < 4.78 is 133. The van der Waals surface area contributed by atoms with Crippen molar-refractivity contribution >= 4 is 0 Å². The Morgan fingerprint density at radius 2 is 1.33 bits per heavy atom. The van der Waals surface area contributed by atoms with Gasteiger partial charge in [0.2, 0.25) is 0 Å². The molecule has 0 saturated heterocycles. The molecule has 0 heterocycles. The molecule has 0 bridgehead atoms. The number of alkyl halides is 2. The summed E-state index contributed by atoms with van der Waals surface area (Å²) in [6.45, 7) is 1.99. The lowest BCUT2D eigenvalue weighted by Crippen LogP contribution is -2.23. The van der Waals surface area contributed by atoms with Crippen LogP contribution in [0.25, 0.3) is 11.1 Å². The summed E-state index contributed by atoms with van der Waals surface area (Å²) in [5, 5.41) is 0. The third kappa shape index (κ3) is 6.90. The van der Waals surface area contributed by atoms with Gasteiger partial charge >= 0.3 is 6.11 Å². The molecule has 0 aliphatic heterocycles. The molecule has 0 fully saturated rings. The van der Waals surface area contributed by atoms with Crippen LogP contribution in [0.15, 0.2) is 60.7 Å². The van der Waals surface area contributed by atoms with Gasteiger partial charge in [0.05, 0.1) is 11.1 Å². The predicted octanol–water partition coefficient (Wildman–Crippen LogP) is 9.59. The molecule has 4 aromatic carbocycles. The Balaban J connectivity index is 1.55. The van der Waals surface area contributed by atoms with Crippen LogP contribution < -0.4 is 4.74 Å². The smallest absolute Gasteiger partial charge is 0.429 e. The standard InChI is InChI=1S/C32H21F9O/c1-2-3-4-5-18-7-11-24(28(36)12-18)32(40,41)42-21-8-10-22(27(35)17-21)20-15-25(33)23(26(34)16-20)9-6-19-13-29(37)31(39)30(38)14-19/h7-8,10-17H,2-5H2,1H3. The average molecular weight is 593 g/mol. The highest BCUT2D eigenvalue weighted by Gasteiger charge is 2.38. The van der Waals surface area contributed by atoms with Gasteiger partial charge < -0.3 is 4.74 Å². The molecule has 0 aromatic heterocycles. The van der Waals surface area contributed by atoms with Gasteiger partial charge in [-0.1, -0.05) is 37.7 Å². The van der Waals surface area contributed by atoms with Crippen molar-refractivity contribution in [3.63, 3.8) is 0 Å². The van der Waals surface area contributed by atoms with E-state index in [9.17, 15) is 39.5 Å². The van der Waals surface area contributed by atoms with Crippen LogP contribution in [0.3, 0.4) is 0 Å². The van der Waals surface area contributed by atoms with Crippen molar-refractivity contribution in [2.45, 2.75) is 38.7 Å². The van der Waals surface area contributed by atoms with Crippen LogP contribution in [-0.4, -0.2) is 0 Å². The predicted molar refractivity (Wildman–Crippen MR) is 138 cm³/mol. The van der Waals surface area contributed by atoms with Crippen molar-refractivity contribution in [3.8, 4) is 28.7 Å². The molecule has 0 amide bonds. The van der Waals surface area contributed by atoms with Crippen molar-refractivity contribution in [1.82, 2.24) is 0 Å². The third-order valence-electron chi connectivity index (χ3n) is 6.27. The molecule has 0 saturated carbocycles. The number of unbranched alkanes of at least 4 members (excludes halogenated alkanes) is 2. The van der Waals surface area contributed by atoms with Gasteiger partial charge in [-0.25, -0.2) is 30.7 Å². The lowest BCUT2D eigenvalue weighted by Gasteiger charge is -2.19. The molecule has 0 unspecified atom stereocenters. The summed E-state index contributed by atoms with van der Waals surface area (Å²) in [4.78, 5) is 0. The van der Waals surface area contributed by atoms with Gasteiger partial charge in [-0.3, -0.25) is 0 Å². The van der Waals surface area contributed by atoms with Crippen LogP contribution in [0.2, 0.25) is 0 Å². The number of hydrogen-bond acceptors (Lipinski definition) is 1. The Bertz CT molecular complexity index is 1640. The summed E-state index contributed by atoms with van der Waals surface area (Å²) in [5.74, 6) is -6.21. The van der Waals surface area contributed by atoms with Gasteiger partial charge in [0.15, 0.2) is 17.5 Å². The number of aryl methyl sites for hydroxylation is 1. The zero-order valence-electron chi connectivity index (χ0n) is 21.9. The van der Waals surface area contributed by atoms with Crippen LogP contribution >= 0.6 is 0 Å². The monoisotopic (exact) mass is 592 g/mol. The molecule has 0 radical (unpaired) electrons. The second kappa shape index (κ2) is 12.6. The Morgan fingerprint density at radius 3 is 1.93 bits per heavy atom. The maximum Gasteiger partial charge on any atom is 0.429 e. The van der Waals surface area contributed by atoms with Gasteiger partial charge in [0, 0.05) is 17.2 Å². The van der Waals surface area contributed by atoms with Crippen LogP contribution in [0.4, 0.5) is 39.5 Å². The quantitative estimate of drug-likeness (QED) is 0.0857. The van der Waals surface area contributed by atoms with E-state index in [-0.39, 0.29) is 11.1 Å². The van der Waals surface area contributed by atoms with E-state index in [2.05, 4.69) is 16.6 Å². The normalized spacial score (nSPS) is 11.3. The summed E-state index contributed by atoms with van der Waals surface area (Å²) in [6.07, 6.45) is -1.01. The van der Waals surface area contributed by atoms with Crippen molar-refractivity contribution in [2.75, 3.05) is 0 Å². The lowest BCUT2D eigenvalue weighted by atomic mass is 10.0. The fourth-order valence-electron chi connectivity index (χ4n) is 4.14. The molecule has 0 N–H and O–H groups in total. The van der Waals surface area contributed by atoms with Crippen molar-refractivity contribution < 1.29 is 44.3 Å². The maximum absolute atomic E-state index is 14.9. The largest absolute Gasteiger partial charge is 0.429 e. The summed E-state index contributed by atoms with van der Waals surface area (Å²) >= 11 is 0. The van der Waals surface area contributed by atoms with Crippen LogP contribution in [-0.2, 0) is 12.5 Å². The molecule has 0 atom stereocenters. The van der Waals surface area contributed by atoms with E-state index in [0.717, 1.165) is 43.5 Å². The molecular weight excluding hydrogens is 571 g/mol. The summed E-state index contributed by atoms with van der Waals surface area (Å²) in [6, 6.07) is 8.19. The Hall–Kier alpha value is -4.39. The first kappa shape index (κ1) is 30.6. The van der Waals surface area contributed by atoms with Gasteiger partial charge in [-0.2, -0.15) is 8.78 Å². The van der Waals surface area contributed by atoms with E-state index in [1.807, 2.05) is 6.92 Å². The minimum Gasteiger partial charge on any atom is -0.429 e. The second-order valence-corrected chi connectivity index (χ2v) is 9.35. The first-order valence-corrected chi connectivity index (χ1v) is 12.7. The van der Waals surface area contributed by atoms with Crippen LogP contribution in [0.1, 0.15) is 48.4 Å². The first-order chi connectivity index (χ1) is 19.9. The van der Waals surface area contributed by atoms with Gasteiger partial charge in [-0.15, -0.1) is 0 Å². The second-order valence-electron chi connectivity index (χ2n) is 9.35. The molecule has 0 aliphatic carbocycles.